The number of rotatable bonds is 3. The number of hydrogen-bond donors (Lipinski definition) is 0. The lowest BCUT2D eigenvalue weighted by molar-refractivity contribution is 0.0635. The molecule has 0 radical (unpaired) electrons. The van der Waals surface area contributed by atoms with Gasteiger partial charge in [0.2, 0.25) is 0 Å². The summed E-state index contributed by atoms with van der Waals surface area (Å²) in [7, 11) is 0. The fourth-order valence-corrected chi connectivity index (χ4v) is 4.22. The molecule has 0 aliphatic carbocycles. The average Bonchev–Trinajstić information content (AvgIpc) is 3.22. The summed E-state index contributed by atoms with van der Waals surface area (Å²) >= 11 is 0. The SMILES string of the molecule is CC(C)CN1C(=O)c2ccc(C(=O)N3CCc4c(cnn4C(C)(C)C)C3)cc2C1=O. The maximum atomic E-state index is 13.1. The quantitative estimate of drug-likeness (QED) is 0.732. The Kier molecular flexibility index (Phi) is 4.79. The third kappa shape index (κ3) is 3.32. The maximum Gasteiger partial charge on any atom is 0.261 e. The van der Waals surface area contributed by atoms with Gasteiger partial charge in [-0.1, -0.05) is 13.8 Å². The molecule has 7 heteroatoms. The lowest BCUT2D eigenvalue weighted by atomic mass is 10.0. The summed E-state index contributed by atoms with van der Waals surface area (Å²) in [6.45, 7) is 11.7. The Morgan fingerprint density at radius 3 is 2.50 bits per heavy atom. The van der Waals surface area contributed by atoms with Crippen LogP contribution in [0, 0.1) is 5.92 Å². The minimum atomic E-state index is -0.314. The topological polar surface area (TPSA) is 75.5 Å². The molecular weight excluding hydrogens is 380 g/mol. The van der Waals surface area contributed by atoms with Crippen molar-refractivity contribution in [2.24, 2.45) is 5.92 Å². The van der Waals surface area contributed by atoms with Crippen LogP contribution in [-0.4, -0.2) is 50.4 Å². The normalized spacial score (nSPS) is 16.3. The van der Waals surface area contributed by atoms with Crippen molar-refractivity contribution in [3.8, 4) is 0 Å². The van der Waals surface area contributed by atoms with Crippen LogP contribution in [-0.2, 0) is 18.5 Å². The van der Waals surface area contributed by atoms with E-state index in [0.717, 1.165) is 12.0 Å². The van der Waals surface area contributed by atoms with Gasteiger partial charge in [-0.25, -0.2) is 0 Å². The molecule has 158 valence electrons. The summed E-state index contributed by atoms with van der Waals surface area (Å²) in [5.41, 5.74) is 3.27. The zero-order valence-electron chi connectivity index (χ0n) is 18.2. The number of fused-ring (bicyclic) bond motifs is 2. The van der Waals surface area contributed by atoms with Gasteiger partial charge in [-0.3, -0.25) is 24.0 Å². The van der Waals surface area contributed by atoms with Crippen molar-refractivity contribution >= 4 is 17.7 Å². The standard InChI is InChI=1S/C23H28N4O3/c1-14(2)12-26-21(29)17-7-6-15(10-18(17)22(26)30)20(28)25-9-8-19-16(13-25)11-24-27(19)23(3,4)5/h6-7,10-11,14H,8-9,12-13H2,1-5H3. The number of hydrogen-bond acceptors (Lipinski definition) is 4. The number of aromatic nitrogens is 2. The van der Waals surface area contributed by atoms with Gasteiger partial charge in [-0.15, -0.1) is 0 Å². The molecule has 1 aromatic carbocycles. The average molecular weight is 409 g/mol. The first-order valence-electron chi connectivity index (χ1n) is 10.4. The van der Waals surface area contributed by atoms with Crippen molar-refractivity contribution in [1.82, 2.24) is 19.6 Å². The Bertz CT molecular complexity index is 1050. The summed E-state index contributed by atoms with van der Waals surface area (Å²) in [6, 6.07) is 4.84. The Hall–Kier alpha value is -2.96. The second kappa shape index (κ2) is 7.07. The van der Waals surface area contributed by atoms with Crippen LogP contribution in [0.15, 0.2) is 24.4 Å². The van der Waals surface area contributed by atoms with Gasteiger partial charge in [-0.2, -0.15) is 5.10 Å². The Morgan fingerprint density at radius 2 is 1.83 bits per heavy atom. The first-order valence-corrected chi connectivity index (χ1v) is 10.4. The Morgan fingerprint density at radius 1 is 1.13 bits per heavy atom. The fraction of sp³-hybridized carbons (Fsp3) is 0.478. The van der Waals surface area contributed by atoms with Crippen molar-refractivity contribution in [3.05, 3.63) is 52.3 Å². The molecule has 0 saturated carbocycles. The molecule has 1 aromatic heterocycles. The molecule has 0 N–H and O–H groups in total. The van der Waals surface area contributed by atoms with E-state index in [2.05, 4.69) is 25.9 Å². The number of imide groups is 1. The Balaban J connectivity index is 1.56. The van der Waals surface area contributed by atoms with E-state index in [-0.39, 0.29) is 29.2 Å². The molecule has 3 amide bonds. The van der Waals surface area contributed by atoms with E-state index in [4.69, 9.17) is 0 Å². The van der Waals surface area contributed by atoms with Gasteiger partial charge >= 0.3 is 0 Å². The highest BCUT2D eigenvalue weighted by Gasteiger charge is 2.37. The fourth-order valence-electron chi connectivity index (χ4n) is 4.22. The molecule has 4 rings (SSSR count). The summed E-state index contributed by atoms with van der Waals surface area (Å²) in [5.74, 6) is -0.537. The second-order valence-electron chi connectivity index (χ2n) is 9.55. The van der Waals surface area contributed by atoms with Crippen LogP contribution in [0.2, 0.25) is 0 Å². The van der Waals surface area contributed by atoms with Crippen LogP contribution in [0.25, 0.3) is 0 Å². The number of carbonyl (C=O) groups excluding carboxylic acids is 3. The first kappa shape index (κ1) is 20.3. The van der Waals surface area contributed by atoms with Crippen molar-refractivity contribution in [2.75, 3.05) is 13.1 Å². The lowest BCUT2D eigenvalue weighted by Crippen LogP contribution is -2.37. The zero-order chi connectivity index (χ0) is 21.8. The van der Waals surface area contributed by atoms with Gasteiger partial charge in [0.15, 0.2) is 0 Å². The molecule has 0 saturated heterocycles. The van der Waals surface area contributed by atoms with E-state index in [1.165, 1.54) is 10.6 Å². The summed E-state index contributed by atoms with van der Waals surface area (Å²) < 4.78 is 2.03. The molecule has 0 bridgehead atoms. The molecule has 0 fully saturated rings. The minimum absolute atomic E-state index is 0.103. The van der Waals surface area contributed by atoms with Gasteiger partial charge < -0.3 is 4.90 Å². The highest BCUT2D eigenvalue weighted by atomic mass is 16.2. The number of benzene rings is 1. The van der Waals surface area contributed by atoms with Gasteiger partial charge in [-0.05, 0) is 44.9 Å². The molecule has 7 nitrogen and oxygen atoms in total. The van der Waals surface area contributed by atoms with Crippen molar-refractivity contribution in [2.45, 2.75) is 53.1 Å². The number of carbonyl (C=O) groups is 3. The monoisotopic (exact) mass is 408 g/mol. The number of amides is 3. The predicted molar refractivity (Wildman–Crippen MR) is 112 cm³/mol. The van der Waals surface area contributed by atoms with Gasteiger partial charge in [0, 0.05) is 42.9 Å². The van der Waals surface area contributed by atoms with Gasteiger partial charge in [0.25, 0.3) is 17.7 Å². The molecule has 2 aliphatic rings. The molecule has 0 spiro atoms. The van der Waals surface area contributed by atoms with E-state index in [1.807, 2.05) is 24.7 Å². The minimum Gasteiger partial charge on any atom is -0.334 e. The van der Waals surface area contributed by atoms with E-state index >= 15 is 0 Å². The summed E-state index contributed by atoms with van der Waals surface area (Å²) in [6.07, 6.45) is 2.58. The molecule has 0 atom stereocenters. The lowest BCUT2D eigenvalue weighted by Gasteiger charge is -2.30. The van der Waals surface area contributed by atoms with Gasteiger partial charge in [0.1, 0.15) is 0 Å². The molecule has 0 unspecified atom stereocenters. The van der Waals surface area contributed by atoms with Crippen molar-refractivity contribution in [3.63, 3.8) is 0 Å². The third-order valence-corrected chi connectivity index (χ3v) is 5.62. The van der Waals surface area contributed by atoms with Crippen LogP contribution in [0.5, 0.6) is 0 Å². The van der Waals surface area contributed by atoms with Crippen LogP contribution >= 0.6 is 0 Å². The Labute approximate surface area is 176 Å². The first-order chi connectivity index (χ1) is 14.1. The smallest absolute Gasteiger partial charge is 0.261 e. The van der Waals surface area contributed by atoms with E-state index in [1.54, 1.807) is 23.1 Å². The second-order valence-corrected chi connectivity index (χ2v) is 9.55. The molecule has 2 aromatic rings. The van der Waals surface area contributed by atoms with Crippen molar-refractivity contribution < 1.29 is 14.4 Å². The number of nitrogens with zero attached hydrogens (tertiary/aromatic N) is 4. The molecular formula is C23H28N4O3. The van der Waals surface area contributed by atoms with Crippen LogP contribution < -0.4 is 0 Å². The largest absolute Gasteiger partial charge is 0.334 e. The molecule has 30 heavy (non-hydrogen) atoms. The summed E-state index contributed by atoms with van der Waals surface area (Å²) in [5, 5.41) is 4.52. The summed E-state index contributed by atoms with van der Waals surface area (Å²) in [4.78, 5) is 41.5. The van der Waals surface area contributed by atoms with Gasteiger partial charge in [0.05, 0.1) is 22.9 Å². The van der Waals surface area contributed by atoms with Crippen LogP contribution in [0.1, 0.15) is 77.0 Å². The highest BCUT2D eigenvalue weighted by molar-refractivity contribution is 6.22. The van der Waals surface area contributed by atoms with E-state index in [9.17, 15) is 14.4 Å². The maximum absolute atomic E-state index is 13.1. The van der Waals surface area contributed by atoms with Crippen LogP contribution in [0.3, 0.4) is 0 Å². The predicted octanol–water partition coefficient (Wildman–Crippen LogP) is 3.09. The highest BCUT2D eigenvalue weighted by Crippen LogP contribution is 2.28. The third-order valence-electron chi connectivity index (χ3n) is 5.62. The van der Waals surface area contributed by atoms with E-state index in [0.29, 0.717) is 36.3 Å². The zero-order valence-corrected chi connectivity index (χ0v) is 18.2. The van der Waals surface area contributed by atoms with E-state index < -0.39 is 0 Å². The molecule has 2 aliphatic heterocycles. The van der Waals surface area contributed by atoms with Crippen molar-refractivity contribution in [1.29, 1.82) is 0 Å². The molecule has 3 heterocycles. The van der Waals surface area contributed by atoms with Crippen LogP contribution in [0.4, 0.5) is 0 Å².